The minimum absolute atomic E-state index is 0.0744. The van der Waals surface area contributed by atoms with Crippen molar-refractivity contribution in [3.63, 3.8) is 0 Å². The van der Waals surface area contributed by atoms with Crippen molar-refractivity contribution in [2.24, 2.45) is 0 Å². The number of hydrogen-bond acceptors (Lipinski definition) is 3. The maximum Gasteiger partial charge on any atom is 0.255 e. The third-order valence-electron chi connectivity index (χ3n) is 6.72. The molecule has 0 saturated carbocycles. The number of anilines is 1. The summed E-state index contributed by atoms with van der Waals surface area (Å²) in [6.07, 6.45) is 3.98. The number of amides is 2. The zero-order valence-corrected chi connectivity index (χ0v) is 21.6. The van der Waals surface area contributed by atoms with Gasteiger partial charge in [-0.15, -0.1) is 0 Å². The van der Waals surface area contributed by atoms with Gasteiger partial charge in [0.25, 0.3) is 11.8 Å². The number of furan rings is 1. The van der Waals surface area contributed by atoms with E-state index in [4.69, 9.17) is 16.0 Å². The van der Waals surface area contributed by atoms with Crippen LogP contribution in [-0.4, -0.2) is 23.3 Å². The van der Waals surface area contributed by atoms with Crippen LogP contribution in [0.3, 0.4) is 0 Å². The smallest absolute Gasteiger partial charge is 0.255 e. The molecule has 1 aliphatic rings. The molecule has 37 heavy (non-hydrogen) atoms. The van der Waals surface area contributed by atoms with Gasteiger partial charge in [-0.25, -0.2) is 0 Å². The van der Waals surface area contributed by atoms with Crippen LogP contribution in [0, 0.1) is 0 Å². The summed E-state index contributed by atoms with van der Waals surface area (Å²) < 4.78 is 6.13. The van der Waals surface area contributed by atoms with E-state index >= 15 is 0 Å². The van der Waals surface area contributed by atoms with E-state index in [1.165, 1.54) is 5.56 Å². The normalized spacial score (nSPS) is 12.8. The van der Waals surface area contributed by atoms with Crippen LogP contribution in [0.2, 0.25) is 5.02 Å². The summed E-state index contributed by atoms with van der Waals surface area (Å²) >= 11 is 6.23. The molecule has 0 spiro atoms. The number of nitrogens with one attached hydrogen (secondary N) is 1. The summed E-state index contributed by atoms with van der Waals surface area (Å²) in [4.78, 5) is 27.4. The minimum Gasteiger partial charge on any atom is -0.461 e. The first-order valence-electron chi connectivity index (χ1n) is 12.7. The fourth-order valence-corrected chi connectivity index (χ4v) is 4.80. The van der Waals surface area contributed by atoms with Crippen molar-refractivity contribution in [2.75, 3.05) is 11.9 Å². The highest BCUT2D eigenvalue weighted by atomic mass is 35.5. The summed E-state index contributed by atoms with van der Waals surface area (Å²) in [5.41, 5.74) is 5.04. The first-order valence-corrected chi connectivity index (χ1v) is 13.1. The molecule has 3 aromatic carbocycles. The van der Waals surface area contributed by atoms with E-state index in [1.54, 1.807) is 17.0 Å². The molecule has 0 unspecified atom stereocenters. The Balaban J connectivity index is 1.23. The molecule has 1 N–H and O–H groups in total. The summed E-state index contributed by atoms with van der Waals surface area (Å²) in [7, 11) is 0. The number of unbranched alkanes of at least 4 members (excludes halogenated alkanes) is 1. The molecule has 5 rings (SSSR count). The zero-order chi connectivity index (χ0) is 25.8. The molecule has 1 aliphatic heterocycles. The topological polar surface area (TPSA) is 62.6 Å². The number of carbonyl (C=O) groups is 2. The van der Waals surface area contributed by atoms with Crippen molar-refractivity contribution in [1.29, 1.82) is 0 Å². The van der Waals surface area contributed by atoms with E-state index in [-0.39, 0.29) is 11.8 Å². The van der Waals surface area contributed by atoms with E-state index in [2.05, 4.69) is 12.2 Å². The van der Waals surface area contributed by atoms with Crippen LogP contribution >= 0.6 is 11.6 Å². The number of carbonyl (C=O) groups excluding carboxylic acids is 2. The third kappa shape index (κ3) is 5.62. The van der Waals surface area contributed by atoms with E-state index in [1.807, 2.05) is 66.7 Å². The molecule has 1 aromatic heterocycles. The second kappa shape index (κ2) is 11.1. The van der Waals surface area contributed by atoms with Crippen LogP contribution in [0.5, 0.6) is 0 Å². The predicted octanol–water partition coefficient (Wildman–Crippen LogP) is 7.39. The van der Waals surface area contributed by atoms with Crippen molar-refractivity contribution in [3.05, 3.63) is 112 Å². The van der Waals surface area contributed by atoms with Crippen LogP contribution in [0.4, 0.5) is 5.69 Å². The number of hydrogen-bond donors (Lipinski definition) is 1. The van der Waals surface area contributed by atoms with Crippen molar-refractivity contribution >= 4 is 29.1 Å². The van der Waals surface area contributed by atoms with E-state index in [9.17, 15) is 9.59 Å². The quantitative estimate of drug-likeness (QED) is 0.281. The predicted molar refractivity (Wildman–Crippen MR) is 147 cm³/mol. The summed E-state index contributed by atoms with van der Waals surface area (Å²) in [6.45, 7) is 3.23. The van der Waals surface area contributed by atoms with Crippen LogP contribution in [0.15, 0.2) is 83.3 Å². The Bertz CT molecular complexity index is 1410. The highest BCUT2D eigenvalue weighted by molar-refractivity contribution is 6.33. The summed E-state index contributed by atoms with van der Waals surface area (Å²) in [5, 5.41) is 3.42. The van der Waals surface area contributed by atoms with Gasteiger partial charge in [-0.3, -0.25) is 9.59 Å². The van der Waals surface area contributed by atoms with Gasteiger partial charge in [-0.1, -0.05) is 49.2 Å². The monoisotopic (exact) mass is 512 g/mol. The first-order chi connectivity index (χ1) is 18.0. The van der Waals surface area contributed by atoms with Gasteiger partial charge in [0.1, 0.15) is 11.5 Å². The molecule has 0 radical (unpaired) electrons. The lowest BCUT2D eigenvalue weighted by atomic mass is 10.1. The van der Waals surface area contributed by atoms with Gasteiger partial charge in [0, 0.05) is 41.9 Å². The molecular formula is C31H29ClN2O3. The van der Waals surface area contributed by atoms with Crippen molar-refractivity contribution < 1.29 is 14.0 Å². The summed E-state index contributed by atoms with van der Waals surface area (Å²) in [6, 6.07) is 24.5. The number of halogens is 1. The summed E-state index contributed by atoms with van der Waals surface area (Å²) in [5.74, 6) is 1.44. The molecule has 0 bridgehead atoms. The molecule has 0 fully saturated rings. The molecule has 188 valence electrons. The second-order valence-corrected chi connectivity index (χ2v) is 9.75. The number of aryl methyl sites for hydroxylation is 1. The standard InChI is InChI=1S/C31H29ClN2O3/c1-2-3-6-21-9-11-23(12-10-21)30(35)33-25-15-13-22(14-16-25)29-19-24-20-34(18-17-28(24)37-29)31(36)26-7-4-5-8-27(26)32/h4-5,7-16,19H,2-3,6,17-18,20H2,1H3,(H,33,35). The molecule has 0 saturated heterocycles. The fourth-order valence-electron chi connectivity index (χ4n) is 4.58. The van der Waals surface area contributed by atoms with Gasteiger partial charge in [0.2, 0.25) is 0 Å². The highest BCUT2D eigenvalue weighted by Crippen LogP contribution is 2.31. The lowest BCUT2D eigenvalue weighted by Gasteiger charge is -2.26. The van der Waals surface area contributed by atoms with Gasteiger partial charge >= 0.3 is 0 Å². The maximum atomic E-state index is 13.0. The molecule has 0 aliphatic carbocycles. The molecular weight excluding hydrogens is 484 g/mol. The van der Waals surface area contributed by atoms with Crippen LogP contribution in [-0.2, 0) is 19.4 Å². The van der Waals surface area contributed by atoms with E-state index < -0.39 is 0 Å². The Morgan fingerprint density at radius 3 is 2.49 bits per heavy atom. The number of benzene rings is 3. The van der Waals surface area contributed by atoms with E-state index in [0.29, 0.717) is 35.7 Å². The van der Waals surface area contributed by atoms with Gasteiger partial charge < -0.3 is 14.6 Å². The lowest BCUT2D eigenvalue weighted by Crippen LogP contribution is -2.35. The average molecular weight is 513 g/mol. The van der Waals surface area contributed by atoms with Crippen LogP contribution in [0.25, 0.3) is 11.3 Å². The first kappa shape index (κ1) is 24.8. The molecule has 2 amide bonds. The number of nitrogens with zero attached hydrogens (tertiary/aromatic N) is 1. The molecule has 0 atom stereocenters. The lowest BCUT2D eigenvalue weighted by molar-refractivity contribution is 0.0730. The Kier molecular flexibility index (Phi) is 7.42. The highest BCUT2D eigenvalue weighted by Gasteiger charge is 2.26. The van der Waals surface area contributed by atoms with Crippen molar-refractivity contribution in [3.8, 4) is 11.3 Å². The van der Waals surface area contributed by atoms with Crippen LogP contribution in [0.1, 0.15) is 57.4 Å². The largest absolute Gasteiger partial charge is 0.461 e. The SMILES string of the molecule is CCCCc1ccc(C(=O)Nc2ccc(-c3cc4c(o3)CCN(C(=O)c3ccccc3Cl)C4)cc2)cc1. The van der Waals surface area contributed by atoms with Gasteiger partial charge in [0.15, 0.2) is 0 Å². The Morgan fingerprint density at radius 1 is 1.00 bits per heavy atom. The fraction of sp³-hybridized carbons (Fsp3) is 0.226. The Hall–Kier alpha value is -3.83. The Morgan fingerprint density at radius 2 is 1.76 bits per heavy atom. The molecule has 2 heterocycles. The maximum absolute atomic E-state index is 13.0. The minimum atomic E-state index is -0.133. The Labute approximate surface area is 222 Å². The average Bonchev–Trinajstić information content (AvgIpc) is 3.36. The molecule has 5 nitrogen and oxygen atoms in total. The van der Waals surface area contributed by atoms with Crippen molar-refractivity contribution in [1.82, 2.24) is 4.90 Å². The van der Waals surface area contributed by atoms with Gasteiger partial charge in [-0.2, -0.15) is 0 Å². The van der Waals surface area contributed by atoms with Gasteiger partial charge in [-0.05, 0) is 73.0 Å². The third-order valence-corrected chi connectivity index (χ3v) is 7.05. The van der Waals surface area contributed by atoms with Crippen molar-refractivity contribution in [2.45, 2.75) is 39.2 Å². The second-order valence-electron chi connectivity index (χ2n) is 9.35. The van der Waals surface area contributed by atoms with Crippen LogP contribution < -0.4 is 5.32 Å². The number of fused-ring (bicyclic) bond motifs is 1. The molecule has 6 heteroatoms. The molecule has 4 aromatic rings. The number of rotatable bonds is 7. The van der Waals surface area contributed by atoms with Gasteiger partial charge in [0.05, 0.1) is 10.6 Å². The zero-order valence-electron chi connectivity index (χ0n) is 20.8. The van der Waals surface area contributed by atoms with E-state index in [0.717, 1.165) is 47.6 Å².